The van der Waals surface area contributed by atoms with Crippen LogP contribution >= 0.6 is 15.9 Å². The predicted molar refractivity (Wildman–Crippen MR) is 82.9 cm³/mol. The summed E-state index contributed by atoms with van der Waals surface area (Å²) in [4.78, 5) is 28.5. The first-order valence-electron chi connectivity index (χ1n) is 7.35. The molecular formula is C16H20BrNO3. The van der Waals surface area contributed by atoms with Crippen LogP contribution in [-0.2, 0) is 9.53 Å². The third kappa shape index (κ3) is 3.90. The molecule has 1 aliphatic carbocycles. The Labute approximate surface area is 133 Å². The first-order valence-corrected chi connectivity index (χ1v) is 8.14. The van der Waals surface area contributed by atoms with Gasteiger partial charge in [-0.3, -0.25) is 14.6 Å². The zero-order valence-electron chi connectivity index (χ0n) is 12.3. The maximum absolute atomic E-state index is 12.5. The molecule has 0 aromatic carbocycles. The molecule has 0 radical (unpaired) electrons. The standard InChI is InChI=1S/C16H20BrNO3/c1-3-21-16(20)13-6-4-11(8-10(13)2)15(19)14-7-5-12(17)9-18-14/h5,7,9-11,13H,3-4,6,8H2,1-2H3. The van der Waals surface area contributed by atoms with Crippen LogP contribution in [0.4, 0.5) is 0 Å². The van der Waals surface area contributed by atoms with E-state index >= 15 is 0 Å². The smallest absolute Gasteiger partial charge is 0.309 e. The van der Waals surface area contributed by atoms with Crippen LogP contribution in [0.5, 0.6) is 0 Å². The summed E-state index contributed by atoms with van der Waals surface area (Å²) >= 11 is 3.31. The van der Waals surface area contributed by atoms with Gasteiger partial charge >= 0.3 is 5.97 Å². The number of Topliss-reactive ketones (excluding diaryl/α,β-unsaturated/α-hetero) is 1. The average molecular weight is 354 g/mol. The fourth-order valence-electron chi connectivity index (χ4n) is 2.96. The number of carbonyl (C=O) groups excluding carboxylic acids is 2. The molecule has 3 atom stereocenters. The van der Waals surface area contributed by atoms with Crippen LogP contribution in [0.3, 0.4) is 0 Å². The lowest BCUT2D eigenvalue weighted by Crippen LogP contribution is -2.33. The van der Waals surface area contributed by atoms with Crippen molar-refractivity contribution in [1.82, 2.24) is 4.98 Å². The second-order valence-electron chi connectivity index (χ2n) is 5.57. The molecule has 0 spiro atoms. The van der Waals surface area contributed by atoms with Crippen LogP contribution < -0.4 is 0 Å². The average Bonchev–Trinajstić information content (AvgIpc) is 2.47. The summed E-state index contributed by atoms with van der Waals surface area (Å²) in [6.45, 7) is 4.25. The van der Waals surface area contributed by atoms with Crippen LogP contribution in [0.25, 0.3) is 0 Å². The number of esters is 1. The lowest BCUT2D eigenvalue weighted by atomic mass is 9.73. The van der Waals surface area contributed by atoms with Gasteiger partial charge in [0.05, 0.1) is 12.5 Å². The van der Waals surface area contributed by atoms with Gasteiger partial charge in [-0.1, -0.05) is 6.92 Å². The minimum absolute atomic E-state index is 0.0423. The van der Waals surface area contributed by atoms with E-state index in [2.05, 4.69) is 20.9 Å². The van der Waals surface area contributed by atoms with E-state index in [1.165, 1.54) is 0 Å². The third-order valence-corrected chi connectivity index (χ3v) is 4.58. The molecular weight excluding hydrogens is 334 g/mol. The highest BCUT2D eigenvalue weighted by molar-refractivity contribution is 9.10. The Hall–Kier alpha value is -1.23. The second kappa shape index (κ2) is 7.16. The van der Waals surface area contributed by atoms with E-state index in [1.807, 2.05) is 19.9 Å². The largest absolute Gasteiger partial charge is 0.466 e. The van der Waals surface area contributed by atoms with E-state index in [1.54, 1.807) is 12.3 Å². The summed E-state index contributed by atoms with van der Waals surface area (Å²) in [5.41, 5.74) is 0.505. The molecule has 0 N–H and O–H groups in total. The molecule has 0 amide bonds. The number of ether oxygens (including phenoxy) is 1. The molecule has 1 saturated carbocycles. The van der Waals surface area contributed by atoms with Crippen molar-refractivity contribution in [2.45, 2.75) is 33.1 Å². The molecule has 0 saturated heterocycles. The number of halogens is 1. The van der Waals surface area contributed by atoms with E-state index in [0.29, 0.717) is 18.7 Å². The van der Waals surface area contributed by atoms with Crippen molar-refractivity contribution in [3.63, 3.8) is 0 Å². The molecule has 5 heteroatoms. The number of pyridine rings is 1. The molecule has 4 nitrogen and oxygen atoms in total. The molecule has 1 aromatic rings. The summed E-state index contributed by atoms with van der Waals surface area (Å²) in [5, 5.41) is 0. The Morgan fingerprint density at radius 3 is 2.71 bits per heavy atom. The molecule has 1 aromatic heterocycles. The van der Waals surface area contributed by atoms with Crippen molar-refractivity contribution < 1.29 is 14.3 Å². The summed E-state index contributed by atoms with van der Waals surface area (Å²) in [7, 11) is 0. The minimum Gasteiger partial charge on any atom is -0.466 e. The maximum atomic E-state index is 12.5. The van der Waals surface area contributed by atoms with Crippen molar-refractivity contribution in [2.75, 3.05) is 6.61 Å². The maximum Gasteiger partial charge on any atom is 0.309 e. The highest BCUT2D eigenvalue weighted by atomic mass is 79.9. The summed E-state index contributed by atoms with van der Waals surface area (Å²) in [6, 6.07) is 3.57. The molecule has 0 aliphatic heterocycles. The lowest BCUT2D eigenvalue weighted by Gasteiger charge is -2.31. The van der Waals surface area contributed by atoms with E-state index in [9.17, 15) is 9.59 Å². The number of rotatable bonds is 4. The van der Waals surface area contributed by atoms with Gasteiger partial charge in [-0.2, -0.15) is 0 Å². The topological polar surface area (TPSA) is 56.3 Å². The first-order chi connectivity index (χ1) is 10.0. The number of ketones is 1. The first kappa shape index (κ1) is 16.1. The molecule has 1 aliphatic rings. The minimum atomic E-state index is -0.127. The van der Waals surface area contributed by atoms with Crippen molar-refractivity contribution in [1.29, 1.82) is 0 Å². The summed E-state index contributed by atoms with van der Waals surface area (Å²) in [6.07, 6.45) is 3.80. The van der Waals surface area contributed by atoms with E-state index in [4.69, 9.17) is 4.74 Å². The van der Waals surface area contributed by atoms with Gasteiger partial charge in [0.2, 0.25) is 0 Å². The van der Waals surface area contributed by atoms with E-state index in [-0.39, 0.29) is 29.5 Å². The summed E-state index contributed by atoms with van der Waals surface area (Å²) in [5.74, 6) is 0.00255. The number of hydrogen-bond donors (Lipinski definition) is 0. The van der Waals surface area contributed by atoms with Gasteiger partial charge in [0.15, 0.2) is 5.78 Å². The molecule has 1 heterocycles. The van der Waals surface area contributed by atoms with Crippen molar-refractivity contribution in [3.05, 3.63) is 28.5 Å². The Kier molecular flexibility index (Phi) is 5.51. The highest BCUT2D eigenvalue weighted by Gasteiger charge is 2.36. The monoisotopic (exact) mass is 353 g/mol. The van der Waals surface area contributed by atoms with Crippen molar-refractivity contribution in [2.24, 2.45) is 17.8 Å². The van der Waals surface area contributed by atoms with Gasteiger partial charge in [0.25, 0.3) is 0 Å². The molecule has 1 fully saturated rings. The van der Waals surface area contributed by atoms with Gasteiger partial charge in [-0.15, -0.1) is 0 Å². The third-order valence-electron chi connectivity index (χ3n) is 4.11. The predicted octanol–water partition coefficient (Wildman–Crippen LogP) is 3.64. The van der Waals surface area contributed by atoms with Crippen LogP contribution in [-0.4, -0.2) is 23.3 Å². The number of aromatic nitrogens is 1. The Morgan fingerprint density at radius 2 is 2.14 bits per heavy atom. The number of hydrogen-bond acceptors (Lipinski definition) is 4. The van der Waals surface area contributed by atoms with Crippen LogP contribution in [0.1, 0.15) is 43.6 Å². The van der Waals surface area contributed by atoms with E-state index in [0.717, 1.165) is 17.3 Å². The van der Waals surface area contributed by atoms with Gasteiger partial charge in [-0.25, -0.2) is 0 Å². The van der Waals surface area contributed by atoms with Crippen molar-refractivity contribution >= 4 is 27.7 Å². The highest BCUT2D eigenvalue weighted by Crippen LogP contribution is 2.36. The van der Waals surface area contributed by atoms with Gasteiger partial charge < -0.3 is 4.74 Å². The zero-order valence-corrected chi connectivity index (χ0v) is 13.9. The Balaban J connectivity index is 2.00. The van der Waals surface area contributed by atoms with Crippen molar-refractivity contribution in [3.8, 4) is 0 Å². The number of nitrogens with zero attached hydrogens (tertiary/aromatic N) is 1. The fourth-order valence-corrected chi connectivity index (χ4v) is 3.20. The SMILES string of the molecule is CCOC(=O)C1CCC(C(=O)c2ccc(Br)cn2)CC1C. The second-order valence-corrected chi connectivity index (χ2v) is 6.49. The van der Waals surface area contributed by atoms with E-state index < -0.39 is 0 Å². The van der Waals surface area contributed by atoms with Gasteiger partial charge in [0.1, 0.15) is 5.69 Å². The Bertz CT molecular complexity index is 515. The van der Waals surface area contributed by atoms with Gasteiger partial charge in [0, 0.05) is 16.6 Å². The van der Waals surface area contributed by atoms with Crippen LogP contribution in [0.15, 0.2) is 22.8 Å². The molecule has 3 unspecified atom stereocenters. The summed E-state index contributed by atoms with van der Waals surface area (Å²) < 4.78 is 5.96. The van der Waals surface area contributed by atoms with Gasteiger partial charge in [-0.05, 0) is 60.2 Å². The Morgan fingerprint density at radius 1 is 1.38 bits per heavy atom. The molecule has 2 rings (SSSR count). The van der Waals surface area contributed by atoms with Crippen LogP contribution in [0, 0.1) is 17.8 Å². The number of carbonyl (C=O) groups is 2. The molecule has 114 valence electrons. The lowest BCUT2D eigenvalue weighted by molar-refractivity contribution is -0.151. The fraction of sp³-hybridized carbons (Fsp3) is 0.562. The zero-order chi connectivity index (χ0) is 15.4. The van der Waals surface area contributed by atoms with Crippen LogP contribution in [0.2, 0.25) is 0 Å². The normalized spacial score (nSPS) is 25.4. The molecule has 0 bridgehead atoms. The quantitative estimate of drug-likeness (QED) is 0.612. The molecule has 21 heavy (non-hydrogen) atoms.